The van der Waals surface area contributed by atoms with Gasteiger partial charge in [0.05, 0.1) is 11.5 Å². The lowest BCUT2D eigenvalue weighted by Gasteiger charge is -2.22. The number of ether oxygens (including phenoxy) is 1. The molecule has 1 rings (SSSR count). The standard InChI is InChI=1S/C14H23NO4S/c1-11(15-13(8-9-16)10-19-2)12-4-6-14(7-5-12)20(3,17)18/h4-7,11,13,15-16H,8-10H2,1-3H3. The van der Waals surface area contributed by atoms with Crippen LogP contribution in [0.2, 0.25) is 0 Å². The number of nitrogens with one attached hydrogen (secondary N) is 1. The van der Waals surface area contributed by atoms with E-state index in [2.05, 4.69) is 5.32 Å². The molecule has 0 spiro atoms. The zero-order valence-corrected chi connectivity index (χ0v) is 13.0. The summed E-state index contributed by atoms with van der Waals surface area (Å²) in [6.45, 7) is 2.61. The van der Waals surface area contributed by atoms with Crippen molar-refractivity contribution in [3.05, 3.63) is 29.8 Å². The molecule has 5 nitrogen and oxygen atoms in total. The van der Waals surface area contributed by atoms with Crippen molar-refractivity contribution in [1.82, 2.24) is 5.32 Å². The van der Waals surface area contributed by atoms with Crippen molar-refractivity contribution in [3.63, 3.8) is 0 Å². The Morgan fingerprint density at radius 1 is 1.30 bits per heavy atom. The van der Waals surface area contributed by atoms with Gasteiger partial charge in [0.2, 0.25) is 0 Å². The van der Waals surface area contributed by atoms with Gasteiger partial charge in [-0.1, -0.05) is 12.1 Å². The maximum absolute atomic E-state index is 11.4. The van der Waals surface area contributed by atoms with Crippen LogP contribution in [-0.4, -0.2) is 46.1 Å². The van der Waals surface area contributed by atoms with E-state index in [0.29, 0.717) is 17.9 Å². The van der Waals surface area contributed by atoms with Crippen molar-refractivity contribution in [2.45, 2.75) is 30.3 Å². The second-order valence-corrected chi connectivity index (χ2v) is 6.91. The molecule has 0 aliphatic rings. The molecular weight excluding hydrogens is 278 g/mol. The van der Waals surface area contributed by atoms with E-state index >= 15 is 0 Å². The summed E-state index contributed by atoms with van der Waals surface area (Å²) < 4.78 is 27.9. The van der Waals surface area contributed by atoms with Crippen LogP contribution in [0.5, 0.6) is 0 Å². The molecule has 1 aromatic carbocycles. The predicted molar refractivity (Wildman–Crippen MR) is 78.5 cm³/mol. The third-order valence-corrected chi connectivity index (χ3v) is 4.27. The summed E-state index contributed by atoms with van der Waals surface area (Å²) in [6, 6.07) is 6.94. The summed E-state index contributed by atoms with van der Waals surface area (Å²) >= 11 is 0. The normalized spacial score (nSPS) is 15.0. The average molecular weight is 301 g/mol. The minimum atomic E-state index is -3.16. The molecule has 0 aromatic heterocycles. The van der Waals surface area contributed by atoms with Crippen LogP contribution in [0.15, 0.2) is 29.2 Å². The van der Waals surface area contributed by atoms with E-state index in [1.807, 2.05) is 6.92 Å². The number of aliphatic hydroxyl groups is 1. The van der Waals surface area contributed by atoms with Crippen molar-refractivity contribution in [1.29, 1.82) is 0 Å². The van der Waals surface area contributed by atoms with E-state index in [1.165, 1.54) is 6.26 Å². The van der Waals surface area contributed by atoms with E-state index in [0.717, 1.165) is 5.56 Å². The molecule has 114 valence electrons. The Morgan fingerprint density at radius 2 is 1.90 bits per heavy atom. The quantitative estimate of drug-likeness (QED) is 0.753. The topological polar surface area (TPSA) is 75.6 Å². The predicted octanol–water partition coefficient (Wildman–Crippen LogP) is 1.14. The maximum atomic E-state index is 11.4. The monoisotopic (exact) mass is 301 g/mol. The van der Waals surface area contributed by atoms with Crippen LogP contribution in [0.25, 0.3) is 0 Å². The van der Waals surface area contributed by atoms with E-state index in [9.17, 15) is 8.42 Å². The fourth-order valence-electron chi connectivity index (χ4n) is 2.03. The zero-order chi connectivity index (χ0) is 15.2. The summed E-state index contributed by atoms with van der Waals surface area (Å²) in [5.74, 6) is 0. The Hall–Kier alpha value is -0.950. The minimum absolute atomic E-state index is 0.0512. The molecule has 0 saturated heterocycles. The molecule has 0 aliphatic heterocycles. The van der Waals surface area contributed by atoms with E-state index < -0.39 is 9.84 Å². The number of methoxy groups -OCH3 is 1. The molecule has 2 atom stereocenters. The van der Waals surface area contributed by atoms with Crippen molar-refractivity contribution in [3.8, 4) is 0 Å². The van der Waals surface area contributed by atoms with Crippen molar-refractivity contribution in [2.24, 2.45) is 0 Å². The van der Waals surface area contributed by atoms with Crippen molar-refractivity contribution in [2.75, 3.05) is 26.6 Å². The summed E-state index contributed by atoms with van der Waals surface area (Å²) in [5.41, 5.74) is 0.997. The Bertz CT molecular complexity index is 492. The number of aliphatic hydroxyl groups excluding tert-OH is 1. The molecule has 0 amide bonds. The van der Waals surface area contributed by atoms with Crippen LogP contribution in [0.1, 0.15) is 24.9 Å². The first-order valence-electron chi connectivity index (χ1n) is 6.54. The van der Waals surface area contributed by atoms with Crippen LogP contribution in [-0.2, 0) is 14.6 Å². The first-order valence-corrected chi connectivity index (χ1v) is 8.43. The lowest BCUT2D eigenvalue weighted by molar-refractivity contribution is 0.143. The molecule has 2 unspecified atom stereocenters. The van der Waals surface area contributed by atoms with Gasteiger partial charge in [-0.05, 0) is 31.0 Å². The molecule has 0 radical (unpaired) electrons. The van der Waals surface area contributed by atoms with Gasteiger partial charge in [0.1, 0.15) is 0 Å². The van der Waals surface area contributed by atoms with Gasteiger partial charge in [-0.15, -0.1) is 0 Å². The van der Waals surface area contributed by atoms with Gasteiger partial charge in [0.15, 0.2) is 9.84 Å². The zero-order valence-electron chi connectivity index (χ0n) is 12.2. The average Bonchev–Trinajstić information content (AvgIpc) is 2.38. The summed E-state index contributed by atoms with van der Waals surface area (Å²) in [5, 5.41) is 12.4. The molecule has 0 saturated carbocycles. The van der Waals surface area contributed by atoms with E-state index in [4.69, 9.17) is 9.84 Å². The molecule has 0 aliphatic carbocycles. The number of rotatable bonds is 8. The lowest BCUT2D eigenvalue weighted by Crippen LogP contribution is -2.36. The molecule has 0 heterocycles. The molecule has 0 bridgehead atoms. The Morgan fingerprint density at radius 3 is 2.35 bits per heavy atom. The highest BCUT2D eigenvalue weighted by molar-refractivity contribution is 7.90. The molecular formula is C14H23NO4S. The molecule has 6 heteroatoms. The summed E-state index contributed by atoms with van der Waals surface area (Å²) in [4.78, 5) is 0.317. The number of benzene rings is 1. The van der Waals surface area contributed by atoms with E-state index in [1.54, 1.807) is 31.4 Å². The van der Waals surface area contributed by atoms with Gasteiger partial charge < -0.3 is 15.2 Å². The Kier molecular flexibility index (Phi) is 6.61. The summed E-state index contributed by atoms with van der Waals surface area (Å²) in [6.07, 6.45) is 1.80. The summed E-state index contributed by atoms with van der Waals surface area (Å²) in [7, 11) is -1.54. The smallest absolute Gasteiger partial charge is 0.175 e. The third kappa shape index (κ3) is 5.20. The fraction of sp³-hybridized carbons (Fsp3) is 0.571. The van der Waals surface area contributed by atoms with Crippen LogP contribution in [0.3, 0.4) is 0 Å². The number of sulfone groups is 1. The van der Waals surface area contributed by atoms with Crippen molar-refractivity contribution >= 4 is 9.84 Å². The van der Waals surface area contributed by atoms with Crippen LogP contribution >= 0.6 is 0 Å². The first kappa shape index (κ1) is 17.1. The van der Waals surface area contributed by atoms with Gasteiger partial charge in [-0.25, -0.2) is 8.42 Å². The second-order valence-electron chi connectivity index (χ2n) is 4.89. The largest absolute Gasteiger partial charge is 0.396 e. The van der Waals surface area contributed by atoms with Gasteiger partial charge in [-0.3, -0.25) is 0 Å². The highest BCUT2D eigenvalue weighted by atomic mass is 32.2. The third-order valence-electron chi connectivity index (χ3n) is 3.14. The first-order chi connectivity index (χ1) is 9.38. The number of hydrogen-bond donors (Lipinski definition) is 2. The molecule has 0 fully saturated rings. The SMILES string of the molecule is COCC(CCO)NC(C)c1ccc(S(C)(=O)=O)cc1. The Labute approximate surface area is 120 Å². The van der Waals surface area contributed by atoms with Gasteiger partial charge in [-0.2, -0.15) is 0 Å². The maximum Gasteiger partial charge on any atom is 0.175 e. The Balaban J connectivity index is 2.74. The number of hydrogen-bond acceptors (Lipinski definition) is 5. The van der Waals surface area contributed by atoms with Crippen molar-refractivity contribution < 1.29 is 18.3 Å². The van der Waals surface area contributed by atoms with Gasteiger partial charge in [0, 0.05) is 32.1 Å². The van der Waals surface area contributed by atoms with Crippen LogP contribution < -0.4 is 5.32 Å². The van der Waals surface area contributed by atoms with Gasteiger partial charge in [0.25, 0.3) is 0 Å². The molecule has 20 heavy (non-hydrogen) atoms. The highest BCUT2D eigenvalue weighted by Gasteiger charge is 2.14. The van der Waals surface area contributed by atoms with Crippen LogP contribution in [0, 0.1) is 0 Å². The van der Waals surface area contributed by atoms with Gasteiger partial charge >= 0.3 is 0 Å². The second kappa shape index (κ2) is 7.73. The highest BCUT2D eigenvalue weighted by Crippen LogP contribution is 2.17. The minimum Gasteiger partial charge on any atom is -0.396 e. The molecule has 1 aromatic rings. The fourth-order valence-corrected chi connectivity index (χ4v) is 2.66. The molecule has 2 N–H and O–H groups in total. The lowest BCUT2D eigenvalue weighted by atomic mass is 10.1. The van der Waals surface area contributed by atoms with Crippen LogP contribution in [0.4, 0.5) is 0 Å². The van der Waals surface area contributed by atoms with E-state index in [-0.39, 0.29) is 18.7 Å².